The normalized spacial score (nSPS) is 12.8. The summed E-state index contributed by atoms with van der Waals surface area (Å²) in [7, 11) is 0. The molecule has 8 heteroatoms. The first kappa shape index (κ1) is 25.5. The minimum Gasteiger partial charge on any atom is -0.263 e. The van der Waals surface area contributed by atoms with Gasteiger partial charge in [-0.2, -0.15) is 10.2 Å². The van der Waals surface area contributed by atoms with Crippen LogP contribution >= 0.6 is 12.4 Å². The molecule has 0 aliphatic carbocycles. The third kappa shape index (κ3) is 7.41. The quantitative estimate of drug-likeness (QED) is 0.198. The number of hydrogen-bond donors (Lipinski definition) is 1. The highest BCUT2D eigenvalue weighted by molar-refractivity contribution is 5.88. The largest absolute Gasteiger partial charge is 0.269 e. The van der Waals surface area contributed by atoms with Crippen molar-refractivity contribution in [3.05, 3.63) is 64.7 Å². The molecular formula is C24H34ClN5O2. The highest BCUT2D eigenvalue weighted by Crippen LogP contribution is 2.27. The number of anilines is 2. The van der Waals surface area contributed by atoms with E-state index in [1.807, 2.05) is 40.6 Å². The van der Waals surface area contributed by atoms with Crippen LogP contribution in [0.5, 0.6) is 0 Å². The maximum Gasteiger partial charge on any atom is 0.269 e. The van der Waals surface area contributed by atoms with Gasteiger partial charge in [-0.3, -0.25) is 15.5 Å². The Morgan fingerprint density at radius 2 is 1.44 bits per heavy atom. The average molecular weight is 460 g/mol. The van der Waals surface area contributed by atoms with Crippen molar-refractivity contribution in [2.24, 2.45) is 5.10 Å². The molecule has 32 heavy (non-hydrogen) atoms. The molecule has 7 nitrogen and oxygen atoms in total. The van der Waals surface area contributed by atoms with Crippen LogP contribution in [0, 0.1) is 10.1 Å². The molecule has 0 bridgehead atoms. The van der Waals surface area contributed by atoms with Crippen LogP contribution < -0.4 is 15.7 Å². The van der Waals surface area contributed by atoms with Crippen LogP contribution in [0.25, 0.3) is 0 Å². The minimum atomic E-state index is -0.387. The van der Waals surface area contributed by atoms with Crippen molar-refractivity contribution >= 4 is 35.3 Å². The summed E-state index contributed by atoms with van der Waals surface area (Å²) >= 11 is 0. The van der Waals surface area contributed by atoms with Gasteiger partial charge >= 0.3 is 0 Å². The molecule has 1 aliphatic rings. The van der Waals surface area contributed by atoms with Crippen molar-refractivity contribution in [3.63, 3.8) is 0 Å². The number of nitro groups is 1. The maximum absolute atomic E-state index is 11.0. The van der Waals surface area contributed by atoms with E-state index in [4.69, 9.17) is 5.10 Å². The number of halogens is 1. The number of hydrazone groups is 1. The summed E-state index contributed by atoms with van der Waals surface area (Å²) in [6, 6.07) is 16.4. The first-order valence-electron chi connectivity index (χ1n) is 11.4. The number of amidine groups is 1. The Morgan fingerprint density at radius 1 is 0.844 bits per heavy atom. The molecule has 0 unspecified atom stereocenters. The molecule has 1 heterocycles. The van der Waals surface area contributed by atoms with E-state index in [-0.39, 0.29) is 23.0 Å². The molecule has 0 aromatic heterocycles. The molecule has 3 rings (SSSR count). The van der Waals surface area contributed by atoms with Crippen molar-refractivity contribution in [2.45, 2.75) is 71.1 Å². The zero-order chi connectivity index (χ0) is 21.9. The molecule has 2 aromatic carbocycles. The second-order valence-electron chi connectivity index (χ2n) is 7.95. The predicted octanol–water partition coefficient (Wildman–Crippen LogP) is 7.00. The molecule has 0 saturated carbocycles. The second-order valence-corrected chi connectivity index (χ2v) is 7.95. The summed E-state index contributed by atoms with van der Waals surface area (Å²) < 4.78 is 0. The summed E-state index contributed by atoms with van der Waals surface area (Å²) in [5.41, 5.74) is 5.16. The number of hydrazine groups is 2. The maximum atomic E-state index is 11.0. The summed E-state index contributed by atoms with van der Waals surface area (Å²) in [6.45, 7) is 2.25. The van der Waals surface area contributed by atoms with Gasteiger partial charge in [0, 0.05) is 18.6 Å². The number of hydrogen-bond acceptors (Lipinski definition) is 6. The summed E-state index contributed by atoms with van der Waals surface area (Å²) in [4.78, 5) is 10.6. The van der Waals surface area contributed by atoms with Crippen LogP contribution in [0.3, 0.4) is 0 Å². The fraction of sp³-hybridized carbons (Fsp3) is 0.458. The van der Waals surface area contributed by atoms with Crippen LogP contribution in [-0.2, 0) is 0 Å². The molecule has 1 N–H and O–H groups in total. The molecule has 0 amide bonds. The zero-order valence-corrected chi connectivity index (χ0v) is 19.6. The number of nitrogens with zero attached hydrogens (tertiary/aromatic N) is 4. The Bertz CT molecular complexity index is 845. The van der Waals surface area contributed by atoms with Gasteiger partial charge in [0.15, 0.2) is 0 Å². The lowest BCUT2D eigenvalue weighted by Crippen LogP contribution is -2.44. The van der Waals surface area contributed by atoms with Gasteiger partial charge in [0.2, 0.25) is 0 Å². The van der Waals surface area contributed by atoms with E-state index in [0.717, 1.165) is 30.1 Å². The van der Waals surface area contributed by atoms with E-state index in [1.54, 1.807) is 12.1 Å². The molecule has 2 aromatic rings. The topological polar surface area (TPSA) is 74.0 Å². The molecule has 174 valence electrons. The van der Waals surface area contributed by atoms with Gasteiger partial charge in [-0.25, -0.2) is 0 Å². The average Bonchev–Trinajstić information content (AvgIpc) is 3.23. The Labute approximate surface area is 197 Å². The van der Waals surface area contributed by atoms with Crippen molar-refractivity contribution < 1.29 is 4.92 Å². The van der Waals surface area contributed by atoms with Crippen molar-refractivity contribution in [1.82, 2.24) is 5.43 Å². The molecule has 0 radical (unpaired) electrons. The predicted molar refractivity (Wildman–Crippen MR) is 134 cm³/mol. The third-order valence-electron chi connectivity index (χ3n) is 5.45. The van der Waals surface area contributed by atoms with Gasteiger partial charge in [-0.15, -0.1) is 17.5 Å². The van der Waals surface area contributed by atoms with E-state index in [9.17, 15) is 10.1 Å². The molecule has 0 spiro atoms. The monoisotopic (exact) mass is 459 g/mol. The van der Waals surface area contributed by atoms with Crippen LogP contribution in [-0.4, -0.2) is 10.8 Å². The van der Waals surface area contributed by atoms with E-state index in [1.165, 1.54) is 63.5 Å². The fourth-order valence-electron chi connectivity index (χ4n) is 3.68. The number of rotatable bonds is 13. The van der Waals surface area contributed by atoms with Crippen molar-refractivity contribution in [2.75, 3.05) is 10.2 Å². The van der Waals surface area contributed by atoms with Gasteiger partial charge < -0.3 is 0 Å². The van der Waals surface area contributed by atoms with Crippen molar-refractivity contribution in [3.8, 4) is 0 Å². The van der Waals surface area contributed by atoms with Gasteiger partial charge in [-0.1, -0.05) is 76.5 Å². The second kappa shape index (κ2) is 13.6. The minimum absolute atomic E-state index is 0. The van der Waals surface area contributed by atoms with Crippen molar-refractivity contribution in [1.29, 1.82) is 0 Å². The molecule has 1 aliphatic heterocycles. The number of unbranched alkanes of at least 4 members (excludes halogenated alkanes) is 8. The lowest BCUT2D eigenvalue weighted by molar-refractivity contribution is -0.384. The first-order valence-corrected chi connectivity index (χ1v) is 11.4. The lowest BCUT2D eigenvalue weighted by Gasteiger charge is -2.27. The first-order chi connectivity index (χ1) is 15.2. The SMILES string of the molecule is CCCCCCCCCCCC1=NN(c2ccccc2)N(c2ccc([N+](=O)[O-])cc2)N1.Cl. The van der Waals surface area contributed by atoms with Crippen LogP contribution in [0.15, 0.2) is 59.7 Å². The van der Waals surface area contributed by atoms with Gasteiger partial charge in [0.05, 0.1) is 16.3 Å². The highest BCUT2D eigenvalue weighted by Gasteiger charge is 2.25. The van der Waals surface area contributed by atoms with E-state index in [2.05, 4.69) is 12.3 Å². The van der Waals surface area contributed by atoms with Gasteiger partial charge in [-0.05, 0) is 30.7 Å². The zero-order valence-electron chi connectivity index (χ0n) is 18.8. The van der Waals surface area contributed by atoms with Crippen LogP contribution in [0.1, 0.15) is 71.1 Å². The number of nitro benzene ring substituents is 1. The number of non-ortho nitro benzene ring substituents is 1. The Morgan fingerprint density at radius 3 is 2.03 bits per heavy atom. The molecule has 0 atom stereocenters. The third-order valence-corrected chi connectivity index (χ3v) is 5.45. The van der Waals surface area contributed by atoms with Crippen LogP contribution in [0.2, 0.25) is 0 Å². The molecule has 0 saturated heterocycles. The lowest BCUT2D eigenvalue weighted by atomic mass is 10.1. The Kier molecular flexibility index (Phi) is 10.8. The smallest absolute Gasteiger partial charge is 0.263 e. The van der Waals surface area contributed by atoms with E-state index >= 15 is 0 Å². The summed E-state index contributed by atoms with van der Waals surface area (Å²) in [6.07, 6.45) is 12.5. The number of nitrogens with one attached hydrogen (secondary N) is 1. The van der Waals surface area contributed by atoms with E-state index < -0.39 is 0 Å². The number of para-hydroxylation sites is 1. The number of benzene rings is 2. The highest BCUT2D eigenvalue weighted by atomic mass is 35.5. The Balaban J connectivity index is 0.00000363. The molecular weight excluding hydrogens is 426 g/mol. The van der Waals surface area contributed by atoms with E-state index in [0.29, 0.717) is 0 Å². The fourth-order valence-corrected chi connectivity index (χ4v) is 3.68. The summed E-state index contributed by atoms with van der Waals surface area (Å²) in [5.74, 6) is 0.908. The van der Waals surface area contributed by atoms with Crippen LogP contribution in [0.4, 0.5) is 17.1 Å². The Hall–Kier alpha value is -2.80. The molecule has 0 fully saturated rings. The van der Waals surface area contributed by atoms with Gasteiger partial charge in [0.1, 0.15) is 5.84 Å². The summed E-state index contributed by atoms with van der Waals surface area (Å²) in [5, 5.41) is 19.4. The standard InChI is InChI=1S/C24H33N5O2.ClH/c1-2-3-4-5-6-7-8-9-13-16-24-25-27(21-14-11-10-12-15-21)28(26-24)22-17-19-23(20-18-22)29(30)31;/h10-12,14-15,17-20H,2-9,13,16H2,1H3,(H,25,26);1H. The van der Waals surface area contributed by atoms with Gasteiger partial charge in [0.25, 0.3) is 5.69 Å².